The van der Waals surface area contributed by atoms with Gasteiger partial charge in [-0.2, -0.15) is 0 Å². The third kappa shape index (κ3) is 3.84. The normalized spacial score (nSPS) is 13.9. The number of anilines is 2. The molecule has 0 saturated carbocycles. The topological polar surface area (TPSA) is 49.4 Å². The number of hydrogen-bond donors (Lipinski definition) is 1. The molecule has 4 heteroatoms. The smallest absolute Gasteiger partial charge is 0.282 e. The molecule has 0 spiro atoms. The highest BCUT2D eigenvalue weighted by Crippen LogP contribution is 2.35. The number of carbonyl (C=O) groups is 2. The highest BCUT2D eigenvalue weighted by atomic mass is 16.2. The minimum atomic E-state index is -0.340. The molecule has 0 aromatic heterocycles. The van der Waals surface area contributed by atoms with Crippen LogP contribution in [-0.4, -0.2) is 11.8 Å². The molecule has 0 saturated heterocycles. The maximum Gasteiger partial charge on any atom is 0.282 e. The molecular weight excluding hydrogens is 396 g/mol. The van der Waals surface area contributed by atoms with Crippen LogP contribution in [0.15, 0.2) is 60.3 Å². The molecule has 0 radical (unpaired) electrons. The van der Waals surface area contributed by atoms with Crippen molar-refractivity contribution in [2.45, 2.75) is 41.5 Å². The largest absolute Gasteiger partial charge is 0.350 e. The van der Waals surface area contributed by atoms with Gasteiger partial charge in [-0.15, -0.1) is 0 Å². The van der Waals surface area contributed by atoms with Gasteiger partial charge in [0.2, 0.25) is 0 Å². The highest BCUT2D eigenvalue weighted by Gasteiger charge is 2.40. The van der Waals surface area contributed by atoms with Gasteiger partial charge in [0.25, 0.3) is 11.8 Å². The fraction of sp³-hybridized carbons (Fsp3) is 0.214. The maximum absolute atomic E-state index is 13.7. The molecule has 3 aromatic rings. The van der Waals surface area contributed by atoms with E-state index in [0.29, 0.717) is 17.0 Å². The maximum atomic E-state index is 13.7. The van der Waals surface area contributed by atoms with Crippen LogP contribution in [0.1, 0.15) is 38.9 Å². The molecule has 162 valence electrons. The molecule has 0 fully saturated rings. The van der Waals surface area contributed by atoms with Crippen LogP contribution >= 0.6 is 0 Å². The zero-order valence-electron chi connectivity index (χ0n) is 19.5. The van der Waals surface area contributed by atoms with Gasteiger partial charge in [-0.25, -0.2) is 4.90 Å². The molecule has 0 aliphatic carbocycles. The molecule has 1 heterocycles. The number of amides is 2. The SMILES string of the molecule is Cc1cc(C)cc(N2C(=O)C(Nc3ccc(C)cc3C)=C(c3ccc(C)c(C)c3)C2=O)c1. The van der Waals surface area contributed by atoms with Crippen LogP contribution in [0.3, 0.4) is 0 Å². The predicted octanol–water partition coefficient (Wildman–Crippen LogP) is 5.93. The van der Waals surface area contributed by atoms with E-state index in [1.54, 1.807) is 0 Å². The Bertz CT molecular complexity index is 1280. The summed E-state index contributed by atoms with van der Waals surface area (Å²) in [5, 5.41) is 3.30. The molecule has 1 aliphatic heterocycles. The van der Waals surface area contributed by atoms with Crippen LogP contribution < -0.4 is 10.2 Å². The lowest BCUT2D eigenvalue weighted by atomic mass is 9.99. The third-order valence-electron chi connectivity index (χ3n) is 5.99. The van der Waals surface area contributed by atoms with Crippen molar-refractivity contribution in [1.29, 1.82) is 0 Å². The van der Waals surface area contributed by atoms with Gasteiger partial charge in [-0.05, 0) is 93.1 Å². The van der Waals surface area contributed by atoms with Crippen molar-refractivity contribution in [3.05, 3.63) is 99.2 Å². The molecule has 0 unspecified atom stereocenters. The molecule has 1 aliphatic rings. The molecule has 0 bridgehead atoms. The molecule has 4 nitrogen and oxygen atoms in total. The number of aryl methyl sites for hydroxylation is 6. The Morgan fingerprint density at radius 1 is 0.625 bits per heavy atom. The first-order valence-electron chi connectivity index (χ1n) is 10.8. The molecule has 4 rings (SSSR count). The van der Waals surface area contributed by atoms with E-state index < -0.39 is 0 Å². The molecule has 3 aromatic carbocycles. The summed E-state index contributed by atoms with van der Waals surface area (Å²) in [5.74, 6) is -0.649. The second-order valence-electron chi connectivity index (χ2n) is 8.78. The van der Waals surface area contributed by atoms with Gasteiger partial charge in [-0.1, -0.05) is 42.0 Å². The number of benzene rings is 3. The summed E-state index contributed by atoms with van der Waals surface area (Å²) in [6.07, 6.45) is 0. The summed E-state index contributed by atoms with van der Waals surface area (Å²) in [6, 6.07) is 17.7. The summed E-state index contributed by atoms with van der Waals surface area (Å²) in [4.78, 5) is 28.6. The van der Waals surface area contributed by atoms with Gasteiger partial charge in [0.1, 0.15) is 5.70 Å². The first-order chi connectivity index (χ1) is 15.2. The standard InChI is InChI=1S/C28H28N2O2/c1-16-7-10-24(21(6)12-16)29-26-25(22-9-8-19(4)20(5)15-22)27(31)30(28(26)32)23-13-17(2)11-18(3)14-23/h7-15,29H,1-6H3. The number of nitrogens with one attached hydrogen (secondary N) is 1. The van der Waals surface area contributed by atoms with Gasteiger partial charge in [0.15, 0.2) is 0 Å². The Morgan fingerprint density at radius 3 is 1.94 bits per heavy atom. The first kappa shape index (κ1) is 21.6. The number of hydrogen-bond acceptors (Lipinski definition) is 3. The van der Waals surface area contributed by atoms with Crippen molar-refractivity contribution in [1.82, 2.24) is 0 Å². The Hall–Kier alpha value is -3.66. The van der Waals surface area contributed by atoms with Crippen molar-refractivity contribution >= 4 is 28.8 Å². The number of nitrogens with zero attached hydrogens (tertiary/aromatic N) is 1. The quantitative estimate of drug-likeness (QED) is 0.528. The summed E-state index contributed by atoms with van der Waals surface area (Å²) in [5.41, 5.74) is 9.24. The van der Waals surface area contributed by atoms with E-state index in [9.17, 15) is 9.59 Å². The minimum Gasteiger partial charge on any atom is -0.350 e. The van der Waals surface area contributed by atoms with Gasteiger partial charge in [0, 0.05) is 5.69 Å². The second kappa shape index (κ2) is 8.12. The molecule has 32 heavy (non-hydrogen) atoms. The Labute approximate surface area is 189 Å². The fourth-order valence-electron chi connectivity index (χ4n) is 4.21. The molecular formula is C28H28N2O2. The van der Waals surface area contributed by atoms with Gasteiger partial charge in [-0.3, -0.25) is 9.59 Å². The summed E-state index contributed by atoms with van der Waals surface area (Å²) < 4.78 is 0. The van der Waals surface area contributed by atoms with Crippen LogP contribution in [0.25, 0.3) is 5.57 Å². The van der Waals surface area contributed by atoms with E-state index in [1.165, 1.54) is 4.90 Å². The van der Waals surface area contributed by atoms with Gasteiger partial charge < -0.3 is 5.32 Å². The van der Waals surface area contributed by atoms with E-state index in [2.05, 4.69) is 11.4 Å². The van der Waals surface area contributed by atoms with Gasteiger partial charge in [0.05, 0.1) is 11.3 Å². The summed E-state index contributed by atoms with van der Waals surface area (Å²) >= 11 is 0. The average Bonchev–Trinajstić information content (AvgIpc) is 2.95. The van der Waals surface area contributed by atoms with Crippen LogP contribution in [0.2, 0.25) is 0 Å². The van der Waals surface area contributed by atoms with Crippen molar-refractivity contribution < 1.29 is 9.59 Å². The van der Waals surface area contributed by atoms with Crippen LogP contribution in [0.4, 0.5) is 11.4 Å². The van der Waals surface area contributed by atoms with E-state index in [4.69, 9.17) is 0 Å². The third-order valence-corrected chi connectivity index (χ3v) is 5.99. The number of rotatable bonds is 4. The lowest BCUT2D eigenvalue weighted by molar-refractivity contribution is -0.120. The minimum absolute atomic E-state index is 0.310. The van der Waals surface area contributed by atoms with Crippen LogP contribution in [0.5, 0.6) is 0 Å². The average molecular weight is 425 g/mol. The van der Waals surface area contributed by atoms with Crippen LogP contribution in [0, 0.1) is 41.5 Å². The fourth-order valence-corrected chi connectivity index (χ4v) is 4.21. The number of carbonyl (C=O) groups excluding carboxylic acids is 2. The molecule has 1 N–H and O–H groups in total. The second-order valence-corrected chi connectivity index (χ2v) is 8.78. The van der Waals surface area contributed by atoms with Crippen LogP contribution in [-0.2, 0) is 9.59 Å². The summed E-state index contributed by atoms with van der Waals surface area (Å²) in [6.45, 7) is 12.0. The predicted molar refractivity (Wildman–Crippen MR) is 131 cm³/mol. The highest BCUT2D eigenvalue weighted by molar-refractivity contribution is 6.46. The zero-order chi connectivity index (χ0) is 23.2. The number of imide groups is 1. The van der Waals surface area contributed by atoms with E-state index in [-0.39, 0.29) is 11.8 Å². The van der Waals surface area contributed by atoms with Crippen molar-refractivity contribution in [2.24, 2.45) is 0 Å². The Balaban J connectivity index is 1.88. The van der Waals surface area contributed by atoms with Crippen molar-refractivity contribution in [3.8, 4) is 0 Å². The van der Waals surface area contributed by atoms with Crippen molar-refractivity contribution in [2.75, 3.05) is 10.2 Å². The van der Waals surface area contributed by atoms with E-state index in [0.717, 1.165) is 44.6 Å². The van der Waals surface area contributed by atoms with E-state index >= 15 is 0 Å². The zero-order valence-corrected chi connectivity index (χ0v) is 19.5. The molecule has 0 atom stereocenters. The monoisotopic (exact) mass is 424 g/mol. The Kier molecular flexibility index (Phi) is 5.47. The van der Waals surface area contributed by atoms with E-state index in [1.807, 2.05) is 90.1 Å². The van der Waals surface area contributed by atoms with Crippen molar-refractivity contribution in [3.63, 3.8) is 0 Å². The molecule has 2 amide bonds. The lowest BCUT2D eigenvalue weighted by Crippen LogP contribution is -2.32. The van der Waals surface area contributed by atoms with Gasteiger partial charge >= 0.3 is 0 Å². The lowest BCUT2D eigenvalue weighted by Gasteiger charge is -2.17. The Morgan fingerprint density at radius 2 is 1.31 bits per heavy atom. The first-order valence-corrected chi connectivity index (χ1v) is 10.8. The summed E-state index contributed by atoms with van der Waals surface area (Å²) in [7, 11) is 0.